The highest BCUT2D eigenvalue weighted by Gasteiger charge is 2.31. The summed E-state index contributed by atoms with van der Waals surface area (Å²) in [5.74, 6) is 0.963. The van der Waals surface area contributed by atoms with Crippen molar-refractivity contribution in [2.45, 2.75) is 42.6 Å². The van der Waals surface area contributed by atoms with Gasteiger partial charge in [-0.1, -0.05) is 48.2 Å². The number of nitrogens with zero attached hydrogens (tertiary/aromatic N) is 3. The Bertz CT molecular complexity index is 1180. The number of fused-ring (bicyclic) bond motifs is 1. The second-order valence-electron chi connectivity index (χ2n) is 7.57. The first-order valence-corrected chi connectivity index (χ1v) is 11.9. The summed E-state index contributed by atoms with van der Waals surface area (Å²) in [6.45, 7) is 1.92. The lowest BCUT2D eigenvalue weighted by atomic mass is 10.1. The van der Waals surface area contributed by atoms with E-state index in [1.165, 1.54) is 16.6 Å². The van der Waals surface area contributed by atoms with E-state index in [4.69, 9.17) is 0 Å². The van der Waals surface area contributed by atoms with Gasteiger partial charge in [0.05, 0.1) is 5.25 Å². The highest BCUT2D eigenvalue weighted by Crippen LogP contribution is 2.40. The molecule has 5 rings (SSSR count). The second kappa shape index (κ2) is 8.24. The predicted molar refractivity (Wildman–Crippen MR) is 123 cm³/mol. The van der Waals surface area contributed by atoms with Crippen molar-refractivity contribution in [3.8, 4) is 0 Å². The number of carbonyl (C=O) groups excluding carboxylic acids is 1. The first-order chi connectivity index (χ1) is 14.7. The van der Waals surface area contributed by atoms with Crippen molar-refractivity contribution in [3.05, 3.63) is 70.7 Å². The molecule has 4 aromatic rings. The van der Waals surface area contributed by atoms with Crippen molar-refractivity contribution >= 4 is 45.5 Å². The minimum absolute atomic E-state index is 0.0274. The number of aromatic nitrogens is 3. The molecular weight excluding hydrogens is 412 g/mol. The summed E-state index contributed by atoms with van der Waals surface area (Å²) in [6.07, 6.45) is 3.10. The van der Waals surface area contributed by atoms with Gasteiger partial charge in [-0.15, -0.1) is 21.5 Å². The fourth-order valence-electron chi connectivity index (χ4n) is 3.50. The maximum atomic E-state index is 12.8. The van der Waals surface area contributed by atoms with Gasteiger partial charge in [0.1, 0.15) is 5.82 Å². The van der Waals surface area contributed by atoms with E-state index < -0.39 is 0 Å². The molecule has 1 unspecified atom stereocenters. The van der Waals surface area contributed by atoms with Crippen molar-refractivity contribution in [1.82, 2.24) is 14.8 Å². The molecule has 1 atom stereocenters. The Kier molecular flexibility index (Phi) is 5.31. The third kappa shape index (κ3) is 4.13. The number of carbonyl (C=O) groups is 1. The van der Waals surface area contributed by atoms with Crippen molar-refractivity contribution in [2.24, 2.45) is 0 Å². The smallest absolute Gasteiger partial charge is 0.237 e. The van der Waals surface area contributed by atoms with Gasteiger partial charge in [0.25, 0.3) is 0 Å². The van der Waals surface area contributed by atoms with Gasteiger partial charge in [0.2, 0.25) is 5.91 Å². The van der Waals surface area contributed by atoms with Gasteiger partial charge >= 0.3 is 0 Å². The van der Waals surface area contributed by atoms with Crippen LogP contribution in [0.15, 0.2) is 65.1 Å². The number of benzene rings is 2. The number of hydrogen-bond acceptors (Lipinski definition) is 5. The van der Waals surface area contributed by atoms with Crippen LogP contribution in [0.4, 0.5) is 5.69 Å². The van der Waals surface area contributed by atoms with Crippen LogP contribution in [0.25, 0.3) is 10.8 Å². The molecule has 0 radical (unpaired) electrons. The topological polar surface area (TPSA) is 59.8 Å². The van der Waals surface area contributed by atoms with Gasteiger partial charge < -0.3 is 9.88 Å². The first kappa shape index (κ1) is 19.3. The summed E-state index contributed by atoms with van der Waals surface area (Å²) >= 11 is 3.22. The van der Waals surface area contributed by atoms with Crippen LogP contribution in [-0.4, -0.2) is 25.9 Å². The lowest BCUT2D eigenvalue weighted by Gasteiger charge is -2.13. The van der Waals surface area contributed by atoms with E-state index in [9.17, 15) is 4.79 Å². The summed E-state index contributed by atoms with van der Waals surface area (Å²) < 4.78 is 2.24. The summed E-state index contributed by atoms with van der Waals surface area (Å²) in [5, 5.41) is 16.9. The van der Waals surface area contributed by atoms with Crippen LogP contribution in [0.1, 0.15) is 36.5 Å². The molecule has 0 saturated heterocycles. The van der Waals surface area contributed by atoms with Gasteiger partial charge in [0, 0.05) is 23.0 Å². The zero-order chi connectivity index (χ0) is 20.5. The summed E-state index contributed by atoms with van der Waals surface area (Å²) in [6, 6.07) is 18.8. The zero-order valence-electron chi connectivity index (χ0n) is 16.6. The van der Waals surface area contributed by atoms with Crippen LogP contribution >= 0.6 is 23.1 Å². The van der Waals surface area contributed by atoms with Gasteiger partial charge in [-0.2, -0.15) is 0 Å². The Balaban J connectivity index is 1.30. The number of thioether (sulfide) groups is 1. The quantitative estimate of drug-likeness (QED) is 0.388. The molecule has 1 aliphatic carbocycles. The van der Waals surface area contributed by atoms with Crippen LogP contribution < -0.4 is 5.32 Å². The molecule has 152 valence electrons. The third-order valence-electron chi connectivity index (χ3n) is 5.23. The van der Waals surface area contributed by atoms with Crippen LogP contribution in [0.2, 0.25) is 0 Å². The van der Waals surface area contributed by atoms with Gasteiger partial charge in [-0.05, 0) is 54.1 Å². The molecule has 7 heteroatoms. The number of amides is 1. The molecule has 0 bridgehead atoms. The van der Waals surface area contributed by atoms with Gasteiger partial charge in [0.15, 0.2) is 5.16 Å². The first-order valence-electron chi connectivity index (χ1n) is 10.1. The van der Waals surface area contributed by atoms with Gasteiger partial charge in [-0.25, -0.2) is 0 Å². The highest BCUT2D eigenvalue weighted by atomic mass is 32.2. The van der Waals surface area contributed by atoms with Crippen molar-refractivity contribution in [3.63, 3.8) is 0 Å². The SMILES string of the molecule is CC(Sc1nnc(Cc2cccs2)n1C1CC1)C(=O)Nc1ccc2ccccc2c1. The van der Waals surface area contributed by atoms with Crippen molar-refractivity contribution < 1.29 is 4.79 Å². The van der Waals surface area contributed by atoms with E-state index in [0.717, 1.165) is 46.7 Å². The molecular formula is C23H22N4OS2. The average molecular weight is 435 g/mol. The number of thiophene rings is 1. The average Bonchev–Trinajstić information content (AvgIpc) is 3.31. The van der Waals surface area contributed by atoms with E-state index in [2.05, 4.69) is 49.7 Å². The maximum absolute atomic E-state index is 12.8. The molecule has 1 amide bonds. The lowest BCUT2D eigenvalue weighted by molar-refractivity contribution is -0.115. The molecule has 5 nitrogen and oxygen atoms in total. The molecule has 1 N–H and O–H groups in total. The molecule has 1 aliphatic rings. The number of hydrogen-bond donors (Lipinski definition) is 1. The number of anilines is 1. The summed E-state index contributed by atoms with van der Waals surface area (Å²) in [5.41, 5.74) is 0.813. The number of rotatable bonds is 7. The Morgan fingerprint density at radius 1 is 1.17 bits per heavy atom. The fourth-order valence-corrected chi connectivity index (χ4v) is 5.14. The lowest BCUT2D eigenvalue weighted by Crippen LogP contribution is -2.23. The molecule has 0 aliphatic heterocycles. The Hall–Kier alpha value is -2.64. The Morgan fingerprint density at radius 3 is 2.77 bits per heavy atom. The standard InChI is InChI=1S/C23H22N4OS2/c1-15(22(28)24-18-9-8-16-5-2-3-6-17(16)13-18)30-23-26-25-21(27(23)19-10-11-19)14-20-7-4-12-29-20/h2-9,12-13,15,19H,10-11,14H2,1H3,(H,24,28). The van der Waals surface area contributed by atoms with E-state index in [1.54, 1.807) is 11.3 Å². The summed E-state index contributed by atoms with van der Waals surface area (Å²) in [4.78, 5) is 14.1. The Morgan fingerprint density at radius 2 is 2.00 bits per heavy atom. The molecule has 2 aromatic carbocycles. The third-order valence-corrected chi connectivity index (χ3v) is 7.16. The normalized spacial score (nSPS) is 14.7. The fraction of sp³-hybridized carbons (Fsp3) is 0.261. The molecule has 1 saturated carbocycles. The monoisotopic (exact) mass is 434 g/mol. The minimum atomic E-state index is -0.271. The second-order valence-corrected chi connectivity index (χ2v) is 9.91. The molecule has 0 spiro atoms. The highest BCUT2D eigenvalue weighted by molar-refractivity contribution is 8.00. The zero-order valence-corrected chi connectivity index (χ0v) is 18.2. The van der Waals surface area contributed by atoms with Crippen LogP contribution in [0.5, 0.6) is 0 Å². The molecule has 30 heavy (non-hydrogen) atoms. The van der Waals surface area contributed by atoms with E-state index in [1.807, 2.05) is 37.3 Å². The predicted octanol–water partition coefficient (Wildman–Crippen LogP) is 5.54. The van der Waals surface area contributed by atoms with E-state index in [0.29, 0.717) is 6.04 Å². The minimum Gasteiger partial charge on any atom is -0.325 e. The van der Waals surface area contributed by atoms with E-state index in [-0.39, 0.29) is 11.2 Å². The van der Waals surface area contributed by atoms with Crippen molar-refractivity contribution in [2.75, 3.05) is 5.32 Å². The van der Waals surface area contributed by atoms with E-state index >= 15 is 0 Å². The number of nitrogens with one attached hydrogen (secondary N) is 1. The molecule has 1 fully saturated rings. The maximum Gasteiger partial charge on any atom is 0.237 e. The molecule has 2 heterocycles. The van der Waals surface area contributed by atoms with Crippen LogP contribution in [0.3, 0.4) is 0 Å². The summed E-state index contributed by atoms with van der Waals surface area (Å²) in [7, 11) is 0. The van der Waals surface area contributed by atoms with Crippen LogP contribution in [0, 0.1) is 0 Å². The van der Waals surface area contributed by atoms with Gasteiger partial charge in [-0.3, -0.25) is 4.79 Å². The van der Waals surface area contributed by atoms with Crippen LogP contribution in [-0.2, 0) is 11.2 Å². The van der Waals surface area contributed by atoms with Crippen molar-refractivity contribution in [1.29, 1.82) is 0 Å². The molecule has 2 aromatic heterocycles. The Labute approximate surface area is 183 Å². The largest absolute Gasteiger partial charge is 0.325 e.